The van der Waals surface area contributed by atoms with Gasteiger partial charge >= 0.3 is 4.71 Å². The average Bonchev–Trinajstić information content (AvgIpc) is 0.722. The SMILES string of the molecule is OC(O)(Cl)Cl. The Morgan fingerprint density at radius 1 is 1.20 bits per heavy atom. The van der Waals surface area contributed by atoms with Gasteiger partial charge < -0.3 is 10.2 Å². The Bertz CT molecular complexity index is 23.1. The molecule has 0 aliphatic carbocycles. The van der Waals surface area contributed by atoms with Gasteiger partial charge in [0.15, 0.2) is 0 Å². The van der Waals surface area contributed by atoms with Gasteiger partial charge in [-0.3, -0.25) is 0 Å². The molecule has 0 atom stereocenters. The van der Waals surface area contributed by atoms with Gasteiger partial charge in [-0.1, -0.05) is 0 Å². The van der Waals surface area contributed by atoms with Crippen LogP contribution in [-0.2, 0) is 0 Å². The molecule has 0 radical (unpaired) electrons. The number of hydrogen-bond donors (Lipinski definition) is 2. The molecule has 5 heavy (non-hydrogen) atoms. The van der Waals surface area contributed by atoms with E-state index in [2.05, 4.69) is 23.2 Å². The zero-order valence-electron chi connectivity index (χ0n) is 2.15. The first kappa shape index (κ1) is 5.50. The average molecular weight is 117 g/mol. The van der Waals surface area contributed by atoms with E-state index in [-0.39, 0.29) is 0 Å². The molecule has 0 aliphatic heterocycles. The van der Waals surface area contributed by atoms with Crippen molar-refractivity contribution in [3.8, 4) is 0 Å². The second kappa shape index (κ2) is 1.30. The smallest absolute Gasteiger partial charge is 0.326 e. The molecular weight excluding hydrogens is 115 g/mol. The van der Waals surface area contributed by atoms with Crippen LogP contribution >= 0.6 is 23.2 Å². The highest BCUT2D eigenvalue weighted by Gasteiger charge is 2.09. The Morgan fingerprint density at radius 2 is 1.20 bits per heavy atom. The minimum atomic E-state index is -2.56. The minimum absolute atomic E-state index is 2.56. The molecule has 0 aliphatic rings. The quantitative estimate of drug-likeness (QED) is 0.348. The maximum absolute atomic E-state index is 7.61. The van der Waals surface area contributed by atoms with E-state index in [4.69, 9.17) is 10.2 Å². The van der Waals surface area contributed by atoms with Crippen LogP contribution in [0.1, 0.15) is 0 Å². The molecular formula is CH2Cl2O2. The molecule has 0 aromatic carbocycles. The van der Waals surface area contributed by atoms with Crippen molar-refractivity contribution >= 4 is 23.2 Å². The van der Waals surface area contributed by atoms with Crippen LogP contribution in [0, 0.1) is 0 Å². The van der Waals surface area contributed by atoms with E-state index in [0.717, 1.165) is 0 Å². The lowest BCUT2D eigenvalue weighted by atomic mass is 11.5. The van der Waals surface area contributed by atoms with Crippen LogP contribution in [0.4, 0.5) is 0 Å². The fourth-order valence-corrected chi connectivity index (χ4v) is 0. The summed E-state index contributed by atoms with van der Waals surface area (Å²) in [5.41, 5.74) is 0. The molecule has 0 unspecified atom stereocenters. The molecule has 0 spiro atoms. The van der Waals surface area contributed by atoms with Crippen molar-refractivity contribution in [2.45, 2.75) is 4.71 Å². The maximum atomic E-state index is 7.61. The predicted molar refractivity (Wildman–Crippen MR) is 18.9 cm³/mol. The van der Waals surface area contributed by atoms with Crippen LogP contribution in [0.15, 0.2) is 0 Å². The number of aliphatic hydroxyl groups is 2. The topological polar surface area (TPSA) is 40.5 Å². The molecule has 0 aromatic heterocycles. The molecule has 0 heterocycles. The number of rotatable bonds is 0. The van der Waals surface area contributed by atoms with Crippen LogP contribution in [0.25, 0.3) is 0 Å². The summed E-state index contributed by atoms with van der Waals surface area (Å²) in [7, 11) is 0. The first-order valence-corrected chi connectivity index (χ1v) is 1.58. The second-order valence-corrected chi connectivity index (χ2v) is 1.76. The van der Waals surface area contributed by atoms with E-state index < -0.39 is 4.71 Å². The Labute approximate surface area is 38.9 Å². The summed E-state index contributed by atoms with van der Waals surface area (Å²) in [6.07, 6.45) is 0. The summed E-state index contributed by atoms with van der Waals surface area (Å²) in [5, 5.41) is 15.2. The van der Waals surface area contributed by atoms with Gasteiger partial charge in [0.25, 0.3) is 0 Å². The van der Waals surface area contributed by atoms with Gasteiger partial charge in [-0.05, 0) is 23.2 Å². The third-order valence-corrected chi connectivity index (χ3v) is 0. The summed E-state index contributed by atoms with van der Waals surface area (Å²) in [4.78, 5) is 0. The van der Waals surface area contributed by atoms with Crippen molar-refractivity contribution in [3.63, 3.8) is 0 Å². The summed E-state index contributed by atoms with van der Waals surface area (Å²) in [6.45, 7) is 0. The van der Waals surface area contributed by atoms with Gasteiger partial charge in [-0.25, -0.2) is 0 Å². The highest BCUT2D eigenvalue weighted by Crippen LogP contribution is 2.08. The Morgan fingerprint density at radius 3 is 1.20 bits per heavy atom. The normalized spacial score (nSPS) is 12.0. The fraction of sp³-hybridized carbons (Fsp3) is 1.00. The molecule has 0 fully saturated rings. The molecule has 0 bridgehead atoms. The highest BCUT2D eigenvalue weighted by atomic mass is 35.5. The Kier molecular flexibility index (Phi) is 1.44. The van der Waals surface area contributed by atoms with E-state index in [0.29, 0.717) is 0 Å². The van der Waals surface area contributed by atoms with Crippen LogP contribution < -0.4 is 0 Å². The van der Waals surface area contributed by atoms with Gasteiger partial charge in [0.05, 0.1) is 0 Å². The van der Waals surface area contributed by atoms with E-state index in [1.165, 1.54) is 0 Å². The van der Waals surface area contributed by atoms with Crippen molar-refractivity contribution in [2.24, 2.45) is 0 Å². The number of alkyl halides is 2. The molecule has 2 nitrogen and oxygen atoms in total. The van der Waals surface area contributed by atoms with Gasteiger partial charge in [0.1, 0.15) is 0 Å². The first-order valence-electron chi connectivity index (χ1n) is 0.825. The fourth-order valence-electron chi connectivity index (χ4n) is 0. The first-order chi connectivity index (χ1) is 2.00. The standard InChI is InChI=1S/CH2Cl2O2/c2-1(3,4)5/h4-5H. The van der Waals surface area contributed by atoms with Crippen molar-refractivity contribution in [1.82, 2.24) is 0 Å². The maximum Gasteiger partial charge on any atom is 0.326 e. The molecule has 0 saturated carbocycles. The summed E-state index contributed by atoms with van der Waals surface area (Å²) >= 11 is 8.81. The highest BCUT2D eigenvalue weighted by molar-refractivity contribution is 6.45. The lowest BCUT2D eigenvalue weighted by molar-refractivity contribution is -0.00853. The zero-order chi connectivity index (χ0) is 4.50. The molecule has 2 N–H and O–H groups in total. The molecule has 32 valence electrons. The summed E-state index contributed by atoms with van der Waals surface area (Å²) < 4.78 is -2.56. The van der Waals surface area contributed by atoms with Crippen LogP contribution in [0.2, 0.25) is 0 Å². The van der Waals surface area contributed by atoms with E-state index in [1.54, 1.807) is 0 Å². The van der Waals surface area contributed by atoms with Crippen LogP contribution in [0.5, 0.6) is 0 Å². The zero-order valence-corrected chi connectivity index (χ0v) is 3.66. The van der Waals surface area contributed by atoms with Gasteiger partial charge in [0, 0.05) is 0 Å². The van der Waals surface area contributed by atoms with Gasteiger partial charge in [0.2, 0.25) is 0 Å². The number of hydrogen-bond acceptors (Lipinski definition) is 2. The summed E-state index contributed by atoms with van der Waals surface area (Å²) in [6, 6.07) is 0. The van der Waals surface area contributed by atoms with Crippen LogP contribution in [0.3, 0.4) is 0 Å². The lowest BCUT2D eigenvalue weighted by Crippen LogP contribution is -2.06. The molecule has 0 amide bonds. The van der Waals surface area contributed by atoms with E-state index in [9.17, 15) is 0 Å². The van der Waals surface area contributed by atoms with Crippen molar-refractivity contribution in [1.29, 1.82) is 0 Å². The number of halogens is 2. The lowest BCUT2D eigenvalue weighted by Gasteiger charge is -1.95. The Balaban J connectivity index is 3.02. The minimum Gasteiger partial charge on any atom is -0.341 e. The largest absolute Gasteiger partial charge is 0.341 e. The van der Waals surface area contributed by atoms with Gasteiger partial charge in [-0.15, -0.1) is 0 Å². The van der Waals surface area contributed by atoms with Crippen molar-refractivity contribution in [3.05, 3.63) is 0 Å². The summed E-state index contributed by atoms with van der Waals surface area (Å²) in [5.74, 6) is 0. The van der Waals surface area contributed by atoms with Crippen molar-refractivity contribution in [2.75, 3.05) is 0 Å². The van der Waals surface area contributed by atoms with E-state index >= 15 is 0 Å². The van der Waals surface area contributed by atoms with Crippen LogP contribution in [-0.4, -0.2) is 14.9 Å². The van der Waals surface area contributed by atoms with Crippen molar-refractivity contribution < 1.29 is 10.2 Å². The Hall–Kier alpha value is 0.500. The molecule has 4 heteroatoms. The molecule has 0 rings (SSSR count). The molecule has 0 aromatic rings. The monoisotopic (exact) mass is 116 g/mol. The third kappa shape index (κ3) is 113. The van der Waals surface area contributed by atoms with E-state index in [1.807, 2.05) is 0 Å². The van der Waals surface area contributed by atoms with Gasteiger partial charge in [-0.2, -0.15) is 0 Å². The second-order valence-electron chi connectivity index (χ2n) is 0.509. The molecule has 0 saturated heterocycles. The third-order valence-electron chi connectivity index (χ3n) is 0. The predicted octanol–water partition coefficient (Wildman–Crippen LogP) is 0.0599.